The number of rotatable bonds is 3. The van der Waals surface area contributed by atoms with Gasteiger partial charge in [0.15, 0.2) is 0 Å². The van der Waals surface area contributed by atoms with Crippen LogP contribution < -0.4 is 5.73 Å². The zero-order chi connectivity index (χ0) is 13.2. The first-order valence-corrected chi connectivity index (χ1v) is 8.48. The first-order valence-electron chi connectivity index (χ1n) is 6.81. The van der Waals surface area contributed by atoms with Crippen molar-refractivity contribution in [1.29, 1.82) is 0 Å². The molecule has 2 unspecified atom stereocenters. The molecule has 1 nitrogen and oxygen atoms in total. The summed E-state index contributed by atoms with van der Waals surface area (Å²) < 4.78 is 1.21. The molecule has 1 aromatic heterocycles. The van der Waals surface area contributed by atoms with Crippen LogP contribution in [0.3, 0.4) is 0 Å². The predicted molar refractivity (Wildman–Crippen MR) is 85.8 cm³/mol. The van der Waals surface area contributed by atoms with Gasteiger partial charge in [0, 0.05) is 15.4 Å². The summed E-state index contributed by atoms with van der Waals surface area (Å²) in [4.78, 5) is 1.37. The Morgan fingerprint density at radius 1 is 1.32 bits per heavy atom. The van der Waals surface area contributed by atoms with Crippen LogP contribution in [0.25, 0.3) is 0 Å². The highest BCUT2D eigenvalue weighted by Gasteiger charge is 2.26. The normalized spacial score (nSPS) is 20.0. The standard InChI is InChI=1S/C16H18BrNS/c17-14-8-9-19-16(14)10-15(18)13-7-3-5-11-4-1-2-6-12(11)13/h1-2,4,6,8-9,13,15H,3,5,7,10,18H2. The van der Waals surface area contributed by atoms with Gasteiger partial charge in [-0.1, -0.05) is 24.3 Å². The van der Waals surface area contributed by atoms with Crippen molar-refractivity contribution < 1.29 is 0 Å². The smallest absolute Gasteiger partial charge is 0.0314 e. The Bertz CT molecular complexity index is 563. The second-order valence-electron chi connectivity index (χ2n) is 5.26. The van der Waals surface area contributed by atoms with Crippen LogP contribution in [0.4, 0.5) is 0 Å². The fourth-order valence-electron chi connectivity index (χ4n) is 3.06. The molecule has 1 aromatic carbocycles. The molecule has 1 aliphatic carbocycles. The third-order valence-electron chi connectivity index (χ3n) is 4.04. The summed E-state index contributed by atoms with van der Waals surface area (Å²) in [6, 6.07) is 11.1. The molecule has 0 spiro atoms. The average Bonchev–Trinajstić information content (AvgIpc) is 2.83. The number of hydrogen-bond acceptors (Lipinski definition) is 2. The van der Waals surface area contributed by atoms with Crippen LogP contribution in [0, 0.1) is 0 Å². The summed E-state index contributed by atoms with van der Waals surface area (Å²) in [5.74, 6) is 0.513. The molecule has 0 saturated heterocycles. The lowest BCUT2D eigenvalue weighted by Gasteiger charge is -2.30. The largest absolute Gasteiger partial charge is 0.327 e. The third kappa shape index (κ3) is 2.78. The molecule has 0 bridgehead atoms. The molecule has 100 valence electrons. The summed E-state index contributed by atoms with van der Waals surface area (Å²) in [6.45, 7) is 0. The van der Waals surface area contributed by atoms with Crippen molar-refractivity contribution in [3.05, 3.63) is 56.2 Å². The van der Waals surface area contributed by atoms with E-state index in [-0.39, 0.29) is 6.04 Å². The average molecular weight is 336 g/mol. The molecule has 0 fully saturated rings. The molecule has 1 heterocycles. The molecule has 3 rings (SSSR count). The van der Waals surface area contributed by atoms with Gasteiger partial charge < -0.3 is 5.73 Å². The highest BCUT2D eigenvalue weighted by molar-refractivity contribution is 9.10. The molecule has 2 aromatic rings. The quantitative estimate of drug-likeness (QED) is 0.877. The van der Waals surface area contributed by atoms with Gasteiger partial charge in [-0.15, -0.1) is 11.3 Å². The van der Waals surface area contributed by atoms with E-state index in [0.717, 1.165) is 6.42 Å². The van der Waals surface area contributed by atoms with Gasteiger partial charge in [-0.25, -0.2) is 0 Å². The Balaban J connectivity index is 1.81. The van der Waals surface area contributed by atoms with E-state index in [0.29, 0.717) is 5.92 Å². The van der Waals surface area contributed by atoms with E-state index in [1.165, 1.54) is 39.7 Å². The fraction of sp³-hybridized carbons (Fsp3) is 0.375. The molecule has 3 heteroatoms. The molecule has 0 radical (unpaired) electrons. The Hall–Kier alpha value is -0.640. The van der Waals surface area contributed by atoms with E-state index < -0.39 is 0 Å². The third-order valence-corrected chi connectivity index (χ3v) is 5.99. The van der Waals surface area contributed by atoms with Crippen molar-refractivity contribution in [2.75, 3.05) is 0 Å². The Labute approximate surface area is 127 Å². The summed E-state index contributed by atoms with van der Waals surface area (Å²) in [5.41, 5.74) is 9.49. The minimum Gasteiger partial charge on any atom is -0.327 e. The van der Waals surface area contributed by atoms with Gasteiger partial charge in [-0.05, 0) is 70.1 Å². The summed E-state index contributed by atoms with van der Waals surface area (Å²) >= 11 is 5.40. The van der Waals surface area contributed by atoms with Crippen LogP contribution in [-0.2, 0) is 12.8 Å². The van der Waals surface area contributed by atoms with Gasteiger partial charge in [0.1, 0.15) is 0 Å². The van der Waals surface area contributed by atoms with Gasteiger partial charge in [-0.2, -0.15) is 0 Å². The first kappa shape index (κ1) is 13.3. The minimum absolute atomic E-state index is 0.219. The van der Waals surface area contributed by atoms with Crippen molar-refractivity contribution >= 4 is 27.3 Å². The molecule has 19 heavy (non-hydrogen) atoms. The van der Waals surface area contributed by atoms with Gasteiger partial charge in [0.05, 0.1) is 0 Å². The molecule has 0 aliphatic heterocycles. The highest BCUT2D eigenvalue weighted by Crippen LogP contribution is 2.35. The van der Waals surface area contributed by atoms with Gasteiger partial charge in [-0.3, -0.25) is 0 Å². The van der Waals surface area contributed by atoms with Crippen molar-refractivity contribution in [2.24, 2.45) is 5.73 Å². The lowest BCUT2D eigenvalue weighted by molar-refractivity contribution is 0.461. The van der Waals surface area contributed by atoms with E-state index in [9.17, 15) is 0 Å². The number of nitrogens with two attached hydrogens (primary N) is 1. The molecule has 2 N–H and O–H groups in total. The van der Waals surface area contributed by atoms with Crippen molar-refractivity contribution in [3.8, 4) is 0 Å². The molecular formula is C16H18BrNS. The van der Waals surface area contributed by atoms with Crippen LogP contribution in [0.5, 0.6) is 0 Å². The number of benzene rings is 1. The van der Waals surface area contributed by atoms with Gasteiger partial charge >= 0.3 is 0 Å². The number of halogens is 1. The van der Waals surface area contributed by atoms with Crippen molar-refractivity contribution in [2.45, 2.75) is 37.6 Å². The van der Waals surface area contributed by atoms with E-state index in [4.69, 9.17) is 5.73 Å². The number of fused-ring (bicyclic) bond motifs is 1. The Morgan fingerprint density at radius 3 is 2.95 bits per heavy atom. The monoisotopic (exact) mass is 335 g/mol. The topological polar surface area (TPSA) is 26.0 Å². The molecular weight excluding hydrogens is 318 g/mol. The van der Waals surface area contributed by atoms with E-state index in [1.807, 2.05) is 0 Å². The second-order valence-corrected chi connectivity index (χ2v) is 7.11. The lowest BCUT2D eigenvalue weighted by atomic mass is 9.78. The lowest BCUT2D eigenvalue weighted by Crippen LogP contribution is -2.32. The molecule has 0 saturated carbocycles. The molecule has 0 amide bonds. The zero-order valence-corrected chi connectivity index (χ0v) is 13.2. The highest BCUT2D eigenvalue weighted by atomic mass is 79.9. The van der Waals surface area contributed by atoms with Crippen LogP contribution in [-0.4, -0.2) is 6.04 Å². The van der Waals surface area contributed by atoms with E-state index >= 15 is 0 Å². The van der Waals surface area contributed by atoms with Crippen LogP contribution >= 0.6 is 27.3 Å². The van der Waals surface area contributed by atoms with Crippen molar-refractivity contribution in [3.63, 3.8) is 0 Å². The number of aryl methyl sites for hydroxylation is 1. The second kappa shape index (κ2) is 5.78. The Morgan fingerprint density at radius 2 is 2.16 bits per heavy atom. The summed E-state index contributed by atoms with van der Waals surface area (Å²) in [7, 11) is 0. The van der Waals surface area contributed by atoms with Crippen LogP contribution in [0.1, 0.15) is 34.8 Å². The van der Waals surface area contributed by atoms with E-state index in [2.05, 4.69) is 51.6 Å². The maximum Gasteiger partial charge on any atom is 0.0314 e. The number of hydrogen-bond donors (Lipinski definition) is 1. The van der Waals surface area contributed by atoms with E-state index in [1.54, 1.807) is 11.3 Å². The fourth-order valence-corrected chi connectivity index (χ4v) is 4.65. The maximum atomic E-state index is 6.51. The zero-order valence-electron chi connectivity index (χ0n) is 10.8. The van der Waals surface area contributed by atoms with Crippen molar-refractivity contribution in [1.82, 2.24) is 0 Å². The molecule has 1 aliphatic rings. The SMILES string of the molecule is NC(Cc1sccc1Br)C1CCCc2ccccc21. The summed E-state index contributed by atoms with van der Waals surface area (Å²) in [6.07, 6.45) is 4.67. The first-order chi connectivity index (χ1) is 9.25. The number of thiophene rings is 1. The predicted octanol–water partition coefficient (Wildman–Crippen LogP) is 4.50. The summed E-state index contributed by atoms with van der Waals surface area (Å²) in [5, 5.41) is 2.13. The van der Waals surface area contributed by atoms with Crippen LogP contribution in [0.15, 0.2) is 40.2 Å². The van der Waals surface area contributed by atoms with Crippen LogP contribution in [0.2, 0.25) is 0 Å². The molecule has 2 atom stereocenters. The van der Waals surface area contributed by atoms with Gasteiger partial charge in [0.25, 0.3) is 0 Å². The minimum atomic E-state index is 0.219. The maximum absolute atomic E-state index is 6.51. The van der Waals surface area contributed by atoms with Gasteiger partial charge in [0.2, 0.25) is 0 Å². The Kier molecular flexibility index (Phi) is 4.06.